The van der Waals surface area contributed by atoms with E-state index in [1.165, 1.54) is 13.2 Å². The van der Waals surface area contributed by atoms with Gasteiger partial charge in [0.05, 0.1) is 18.7 Å². The highest BCUT2D eigenvalue weighted by molar-refractivity contribution is 6.30. The Kier molecular flexibility index (Phi) is 3.47. The molecule has 0 spiro atoms. The zero-order chi connectivity index (χ0) is 15.7. The normalized spacial score (nSPS) is 10.6. The van der Waals surface area contributed by atoms with Gasteiger partial charge in [-0.3, -0.25) is 0 Å². The summed E-state index contributed by atoms with van der Waals surface area (Å²) in [6, 6.07) is 6.17. The Morgan fingerprint density at radius 2 is 2.23 bits per heavy atom. The number of aromatic nitrogens is 4. The molecule has 3 rings (SSSR count). The fourth-order valence-corrected chi connectivity index (χ4v) is 1.98. The number of H-pyrrole nitrogens is 1. The molecule has 0 atom stereocenters. The number of benzene rings is 1. The van der Waals surface area contributed by atoms with E-state index in [0.717, 1.165) is 0 Å². The molecule has 0 saturated carbocycles. The fourth-order valence-electron chi connectivity index (χ4n) is 1.81. The smallest absolute Gasteiger partial charge is 0.343 e. The number of aromatic amines is 1. The summed E-state index contributed by atoms with van der Waals surface area (Å²) in [7, 11) is 1.50. The minimum atomic E-state index is -0.603. The van der Waals surface area contributed by atoms with Crippen LogP contribution in [0, 0.1) is 10.1 Å². The summed E-state index contributed by atoms with van der Waals surface area (Å²) in [4.78, 5) is 14.2. The molecule has 10 heteroatoms. The monoisotopic (exact) mass is 321 g/mol. The Morgan fingerprint density at radius 3 is 2.91 bits per heavy atom. The van der Waals surface area contributed by atoms with Crippen LogP contribution >= 0.6 is 11.6 Å². The number of methoxy groups -OCH3 is 1. The average molecular weight is 322 g/mol. The first-order valence-corrected chi connectivity index (χ1v) is 6.34. The van der Waals surface area contributed by atoms with Gasteiger partial charge in [-0.15, -0.1) is 5.10 Å². The maximum atomic E-state index is 10.6. The number of nitro groups is 1. The van der Waals surface area contributed by atoms with Crippen molar-refractivity contribution in [2.75, 3.05) is 7.11 Å². The van der Waals surface area contributed by atoms with Crippen LogP contribution in [0.15, 0.2) is 28.8 Å². The highest BCUT2D eigenvalue weighted by Gasteiger charge is 2.19. The molecule has 9 nitrogen and oxygen atoms in total. The fraction of sp³-hybridized carbons (Fsp3) is 0.0833. The molecule has 0 aliphatic carbocycles. The standard InChI is InChI=1S/C12H8ClN5O4/c1-21-9-3-2-6(13)4-7(9)11-14-12(22-17-11)8-5-10(16-15-8)18(19)20/h2-5H,1H3,(H,15,16). The van der Waals surface area contributed by atoms with Gasteiger partial charge in [-0.1, -0.05) is 21.9 Å². The van der Waals surface area contributed by atoms with E-state index < -0.39 is 4.92 Å². The molecule has 0 saturated heterocycles. The number of nitrogens with zero attached hydrogens (tertiary/aromatic N) is 4. The van der Waals surface area contributed by atoms with Crippen molar-refractivity contribution in [3.8, 4) is 28.7 Å². The van der Waals surface area contributed by atoms with Crippen LogP contribution in [0.2, 0.25) is 5.02 Å². The molecular formula is C12H8ClN5O4. The Balaban J connectivity index is 2.00. The van der Waals surface area contributed by atoms with Crippen LogP contribution in [0.4, 0.5) is 5.82 Å². The van der Waals surface area contributed by atoms with Gasteiger partial charge >= 0.3 is 5.82 Å². The highest BCUT2D eigenvalue weighted by Crippen LogP contribution is 2.32. The zero-order valence-corrected chi connectivity index (χ0v) is 11.9. The third kappa shape index (κ3) is 2.49. The number of hydrogen-bond acceptors (Lipinski definition) is 7. The molecule has 0 radical (unpaired) electrons. The van der Waals surface area contributed by atoms with E-state index in [9.17, 15) is 10.1 Å². The summed E-state index contributed by atoms with van der Waals surface area (Å²) in [6.07, 6.45) is 0. The zero-order valence-electron chi connectivity index (χ0n) is 11.1. The van der Waals surface area contributed by atoms with Crippen LogP contribution in [-0.4, -0.2) is 32.4 Å². The molecule has 0 unspecified atom stereocenters. The van der Waals surface area contributed by atoms with E-state index in [2.05, 4.69) is 20.3 Å². The predicted octanol–water partition coefficient (Wildman–Crippen LogP) is 2.70. The van der Waals surface area contributed by atoms with Crippen molar-refractivity contribution in [2.24, 2.45) is 0 Å². The van der Waals surface area contributed by atoms with Gasteiger partial charge in [-0.05, 0) is 23.1 Å². The van der Waals surface area contributed by atoms with Crippen molar-refractivity contribution in [3.63, 3.8) is 0 Å². The topological polar surface area (TPSA) is 120 Å². The Labute approximate surface area is 128 Å². The Bertz CT molecular complexity index is 844. The maximum Gasteiger partial charge on any atom is 0.343 e. The van der Waals surface area contributed by atoms with Crippen molar-refractivity contribution in [3.05, 3.63) is 39.4 Å². The molecule has 0 aliphatic heterocycles. The minimum absolute atomic E-state index is 0.0429. The minimum Gasteiger partial charge on any atom is -0.496 e. The largest absolute Gasteiger partial charge is 0.496 e. The van der Waals surface area contributed by atoms with Crippen molar-refractivity contribution in [2.45, 2.75) is 0 Å². The van der Waals surface area contributed by atoms with Gasteiger partial charge in [0.1, 0.15) is 5.75 Å². The molecule has 112 valence electrons. The molecule has 22 heavy (non-hydrogen) atoms. The van der Waals surface area contributed by atoms with Gasteiger partial charge in [0.25, 0.3) is 5.89 Å². The van der Waals surface area contributed by atoms with Crippen molar-refractivity contribution >= 4 is 17.4 Å². The van der Waals surface area contributed by atoms with Gasteiger partial charge in [-0.25, -0.2) is 0 Å². The molecule has 0 bridgehead atoms. The van der Waals surface area contributed by atoms with Gasteiger partial charge < -0.3 is 19.4 Å². The van der Waals surface area contributed by atoms with Crippen LogP contribution in [0.5, 0.6) is 5.75 Å². The lowest BCUT2D eigenvalue weighted by molar-refractivity contribution is -0.389. The third-order valence-electron chi connectivity index (χ3n) is 2.81. The summed E-state index contributed by atoms with van der Waals surface area (Å²) in [5, 5.41) is 20.9. The summed E-state index contributed by atoms with van der Waals surface area (Å²) in [5.74, 6) is 0.529. The van der Waals surface area contributed by atoms with Crippen LogP contribution in [0.25, 0.3) is 23.0 Å². The van der Waals surface area contributed by atoms with E-state index in [-0.39, 0.29) is 23.2 Å². The maximum absolute atomic E-state index is 10.6. The lowest BCUT2D eigenvalue weighted by Crippen LogP contribution is -1.89. The lowest BCUT2D eigenvalue weighted by Gasteiger charge is -2.04. The molecule has 1 N–H and O–H groups in total. The average Bonchev–Trinajstić information content (AvgIpc) is 3.16. The van der Waals surface area contributed by atoms with Crippen LogP contribution in [0.1, 0.15) is 0 Å². The summed E-state index contributed by atoms with van der Waals surface area (Å²) in [6.45, 7) is 0. The van der Waals surface area contributed by atoms with E-state index in [1.54, 1.807) is 18.2 Å². The quantitative estimate of drug-likeness (QED) is 0.579. The van der Waals surface area contributed by atoms with Gasteiger partial charge in [0, 0.05) is 5.02 Å². The lowest BCUT2D eigenvalue weighted by atomic mass is 10.2. The number of halogens is 1. The molecule has 0 aliphatic rings. The highest BCUT2D eigenvalue weighted by atomic mass is 35.5. The molecule has 0 amide bonds. The van der Waals surface area contributed by atoms with E-state index in [0.29, 0.717) is 16.3 Å². The van der Waals surface area contributed by atoms with Gasteiger partial charge in [-0.2, -0.15) is 4.98 Å². The van der Waals surface area contributed by atoms with Crippen LogP contribution in [0.3, 0.4) is 0 Å². The first kappa shape index (κ1) is 14.0. The molecular weight excluding hydrogens is 314 g/mol. The third-order valence-corrected chi connectivity index (χ3v) is 3.04. The molecule has 3 aromatic rings. The molecule has 0 fully saturated rings. The molecule has 2 aromatic heterocycles. The van der Waals surface area contributed by atoms with Crippen molar-refractivity contribution in [1.82, 2.24) is 20.3 Å². The SMILES string of the molecule is COc1ccc(Cl)cc1-c1noc(-c2cc([N+](=O)[O-])[nH]n2)n1. The second kappa shape index (κ2) is 5.45. The van der Waals surface area contributed by atoms with Crippen LogP contribution < -0.4 is 4.74 Å². The number of ether oxygens (including phenoxy) is 1. The Morgan fingerprint density at radius 1 is 1.41 bits per heavy atom. The first-order valence-electron chi connectivity index (χ1n) is 5.96. The number of hydrogen-bond donors (Lipinski definition) is 1. The summed E-state index contributed by atoms with van der Waals surface area (Å²) < 4.78 is 10.3. The molecule has 1 aromatic carbocycles. The molecule has 2 heterocycles. The second-order valence-corrected chi connectivity index (χ2v) is 4.60. The van der Waals surface area contributed by atoms with E-state index >= 15 is 0 Å². The van der Waals surface area contributed by atoms with E-state index in [1.807, 2.05) is 0 Å². The predicted molar refractivity (Wildman–Crippen MR) is 75.5 cm³/mol. The second-order valence-electron chi connectivity index (χ2n) is 4.16. The number of nitrogens with one attached hydrogen (secondary N) is 1. The first-order chi connectivity index (χ1) is 10.6. The summed E-state index contributed by atoms with van der Waals surface area (Å²) in [5.41, 5.74) is 0.710. The Hall–Kier alpha value is -2.94. The van der Waals surface area contributed by atoms with Gasteiger partial charge in [0.15, 0.2) is 5.69 Å². The summed E-state index contributed by atoms with van der Waals surface area (Å²) >= 11 is 5.95. The number of rotatable bonds is 4. The van der Waals surface area contributed by atoms with Gasteiger partial charge in [0.2, 0.25) is 5.82 Å². The van der Waals surface area contributed by atoms with Crippen LogP contribution in [-0.2, 0) is 0 Å². The van der Waals surface area contributed by atoms with Crippen molar-refractivity contribution < 1.29 is 14.2 Å². The van der Waals surface area contributed by atoms with E-state index in [4.69, 9.17) is 20.9 Å². The van der Waals surface area contributed by atoms with Crippen molar-refractivity contribution in [1.29, 1.82) is 0 Å².